The number of likely N-dealkylation sites (N-methyl/N-ethyl adjacent to an activating group) is 1. The van der Waals surface area contributed by atoms with Gasteiger partial charge in [-0.1, -0.05) is 0 Å². The van der Waals surface area contributed by atoms with E-state index in [4.69, 9.17) is 0 Å². The highest BCUT2D eigenvalue weighted by Crippen LogP contribution is 2.42. The molecule has 0 fully saturated rings. The number of aromatic nitrogens is 1. The number of rotatable bonds is 3. The van der Waals surface area contributed by atoms with Crippen molar-refractivity contribution in [3.8, 4) is 0 Å². The molecule has 2 aromatic rings. The van der Waals surface area contributed by atoms with Crippen LogP contribution in [0.4, 0.5) is 0 Å². The van der Waals surface area contributed by atoms with Gasteiger partial charge in [-0.15, -0.1) is 11.3 Å². The second-order valence-corrected chi connectivity index (χ2v) is 6.30. The van der Waals surface area contributed by atoms with Gasteiger partial charge >= 0.3 is 0 Å². The normalized spacial score (nSPS) is 20.0. The van der Waals surface area contributed by atoms with Crippen molar-refractivity contribution in [2.45, 2.75) is 38.1 Å². The van der Waals surface area contributed by atoms with Crippen LogP contribution in [0.25, 0.3) is 0 Å². The Morgan fingerprint density at radius 3 is 3.11 bits per heavy atom. The van der Waals surface area contributed by atoms with Crippen molar-refractivity contribution in [2.24, 2.45) is 0 Å². The van der Waals surface area contributed by atoms with Crippen LogP contribution in [0.15, 0.2) is 29.9 Å². The predicted octanol–water partition coefficient (Wildman–Crippen LogP) is 3.83. The molecular weight excluding hydrogens is 252 g/mol. The molecule has 0 aromatic carbocycles. The maximum Gasteiger partial charge on any atom is 0.0405 e. The van der Waals surface area contributed by atoms with Crippen LogP contribution < -0.4 is 5.32 Å². The van der Waals surface area contributed by atoms with Gasteiger partial charge in [-0.3, -0.25) is 4.98 Å². The zero-order valence-corrected chi connectivity index (χ0v) is 12.3. The number of pyridine rings is 1. The topological polar surface area (TPSA) is 24.9 Å². The molecule has 100 valence electrons. The zero-order chi connectivity index (χ0) is 13.2. The third-order valence-corrected chi connectivity index (χ3v) is 5.22. The summed E-state index contributed by atoms with van der Waals surface area (Å²) in [6.45, 7) is 2.18. The molecule has 0 aliphatic heterocycles. The maximum atomic E-state index is 4.32. The summed E-state index contributed by atoms with van der Waals surface area (Å²) in [5.74, 6) is 0.586. The van der Waals surface area contributed by atoms with Crippen molar-refractivity contribution in [1.29, 1.82) is 0 Å². The second-order valence-electron chi connectivity index (χ2n) is 5.30. The fraction of sp³-hybridized carbons (Fsp3) is 0.438. The van der Waals surface area contributed by atoms with E-state index in [1.54, 1.807) is 10.4 Å². The molecule has 1 N–H and O–H groups in total. The molecule has 0 amide bonds. The van der Waals surface area contributed by atoms with E-state index in [9.17, 15) is 0 Å². The maximum absolute atomic E-state index is 4.32. The molecule has 2 unspecified atom stereocenters. The number of hydrogen-bond acceptors (Lipinski definition) is 3. The first-order valence-corrected chi connectivity index (χ1v) is 7.83. The lowest BCUT2D eigenvalue weighted by atomic mass is 9.79. The van der Waals surface area contributed by atoms with Crippen molar-refractivity contribution < 1.29 is 0 Å². The number of nitrogens with zero attached hydrogens (tertiary/aromatic N) is 1. The fourth-order valence-corrected chi connectivity index (χ4v) is 4.24. The van der Waals surface area contributed by atoms with Gasteiger partial charge in [0.2, 0.25) is 0 Å². The summed E-state index contributed by atoms with van der Waals surface area (Å²) in [5.41, 5.74) is 4.23. The molecule has 0 saturated carbocycles. The van der Waals surface area contributed by atoms with Gasteiger partial charge in [-0.25, -0.2) is 0 Å². The fourth-order valence-electron chi connectivity index (χ4n) is 3.24. The Labute approximate surface area is 118 Å². The van der Waals surface area contributed by atoms with E-state index in [2.05, 4.69) is 41.8 Å². The van der Waals surface area contributed by atoms with Gasteiger partial charge in [0, 0.05) is 29.2 Å². The smallest absolute Gasteiger partial charge is 0.0405 e. The molecule has 19 heavy (non-hydrogen) atoms. The molecule has 2 heterocycles. The SMILES string of the molecule is CNC(c1cnccc1C)C1CCCc2sccc21. The first-order valence-electron chi connectivity index (χ1n) is 6.95. The number of fused-ring (bicyclic) bond motifs is 1. The Hall–Kier alpha value is -1.19. The van der Waals surface area contributed by atoms with Crippen molar-refractivity contribution in [3.63, 3.8) is 0 Å². The molecule has 3 rings (SSSR count). The van der Waals surface area contributed by atoms with E-state index < -0.39 is 0 Å². The molecule has 1 aliphatic rings. The van der Waals surface area contributed by atoms with E-state index >= 15 is 0 Å². The quantitative estimate of drug-likeness (QED) is 0.918. The first kappa shape index (κ1) is 12.8. The van der Waals surface area contributed by atoms with Gasteiger partial charge < -0.3 is 5.32 Å². The lowest BCUT2D eigenvalue weighted by Gasteiger charge is -2.31. The van der Waals surface area contributed by atoms with Gasteiger partial charge in [0.05, 0.1) is 0 Å². The van der Waals surface area contributed by atoms with Crippen molar-refractivity contribution >= 4 is 11.3 Å². The van der Waals surface area contributed by atoms with Crippen molar-refractivity contribution in [1.82, 2.24) is 10.3 Å². The van der Waals surface area contributed by atoms with Crippen LogP contribution in [-0.2, 0) is 6.42 Å². The predicted molar refractivity (Wildman–Crippen MR) is 80.8 cm³/mol. The minimum Gasteiger partial charge on any atom is -0.312 e. The number of thiophene rings is 1. The molecule has 2 atom stereocenters. The average Bonchev–Trinajstić information content (AvgIpc) is 2.91. The highest BCUT2D eigenvalue weighted by molar-refractivity contribution is 7.10. The summed E-state index contributed by atoms with van der Waals surface area (Å²) in [5, 5.41) is 5.77. The lowest BCUT2D eigenvalue weighted by Crippen LogP contribution is -2.26. The minimum atomic E-state index is 0.377. The summed E-state index contributed by atoms with van der Waals surface area (Å²) in [4.78, 5) is 5.90. The van der Waals surface area contributed by atoms with Gasteiger partial charge in [-0.05, 0) is 67.4 Å². The minimum absolute atomic E-state index is 0.377. The Morgan fingerprint density at radius 2 is 2.32 bits per heavy atom. The first-order chi connectivity index (χ1) is 9.31. The summed E-state index contributed by atoms with van der Waals surface area (Å²) < 4.78 is 0. The molecule has 2 nitrogen and oxygen atoms in total. The lowest BCUT2D eigenvalue weighted by molar-refractivity contribution is 0.426. The third kappa shape index (κ3) is 2.33. The van der Waals surface area contributed by atoms with E-state index in [1.165, 1.54) is 30.4 Å². The van der Waals surface area contributed by atoms with E-state index in [-0.39, 0.29) is 0 Å². The third-order valence-electron chi connectivity index (χ3n) is 4.23. The van der Waals surface area contributed by atoms with Crippen LogP contribution in [0.3, 0.4) is 0 Å². The average molecular weight is 272 g/mol. The molecule has 2 aromatic heterocycles. The van der Waals surface area contributed by atoms with Crippen molar-refractivity contribution in [3.05, 3.63) is 51.5 Å². The number of hydrogen-bond donors (Lipinski definition) is 1. The number of nitrogens with one attached hydrogen (secondary N) is 1. The van der Waals surface area contributed by atoms with Crippen LogP contribution in [0.2, 0.25) is 0 Å². The Balaban J connectivity index is 1.99. The molecular formula is C16H20N2S. The zero-order valence-electron chi connectivity index (χ0n) is 11.5. The van der Waals surface area contributed by atoms with E-state index in [1.807, 2.05) is 23.7 Å². The van der Waals surface area contributed by atoms with Gasteiger partial charge in [0.15, 0.2) is 0 Å². The summed E-state index contributed by atoms with van der Waals surface area (Å²) in [7, 11) is 2.07. The summed E-state index contributed by atoms with van der Waals surface area (Å²) >= 11 is 1.91. The highest BCUT2D eigenvalue weighted by Gasteiger charge is 2.29. The number of aryl methyl sites for hydroxylation is 2. The molecule has 0 spiro atoms. The Bertz CT molecular complexity index is 561. The molecule has 0 bridgehead atoms. The molecule has 0 saturated heterocycles. The van der Waals surface area contributed by atoms with Crippen molar-refractivity contribution in [2.75, 3.05) is 7.05 Å². The van der Waals surface area contributed by atoms with Gasteiger partial charge in [-0.2, -0.15) is 0 Å². The largest absolute Gasteiger partial charge is 0.312 e. The summed E-state index contributed by atoms with van der Waals surface area (Å²) in [6, 6.07) is 4.80. The highest BCUT2D eigenvalue weighted by atomic mass is 32.1. The Morgan fingerprint density at radius 1 is 1.42 bits per heavy atom. The van der Waals surface area contributed by atoms with Crippen LogP contribution in [0, 0.1) is 6.92 Å². The molecule has 0 radical (unpaired) electrons. The van der Waals surface area contributed by atoms with Gasteiger partial charge in [0.1, 0.15) is 0 Å². The molecule has 1 aliphatic carbocycles. The summed E-state index contributed by atoms with van der Waals surface area (Å²) in [6.07, 6.45) is 7.73. The van der Waals surface area contributed by atoms with Gasteiger partial charge in [0.25, 0.3) is 0 Å². The van der Waals surface area contributed by atoms with Crippen LogP contribution in [0.1, 0.15) is 46.4 Å². The van der Waals surface area contributed by atoms with Crippen LogP contribution in [-0.4, -0.2) is 12.0 Å². The van der Waals surface area contributed by atoms with E-state index in [0.29, 0.717) is 12.0 Å². The molecule has 3 heteroatoms. The monoisotopic (exact) mass is 272 g/mol. The second kappa shape index (κ2) is 5.43. The van der Waals surface area contributed by atoms with Crippen LogP contribution in [0.5, 0.6) is 0 Å². The van der Waals surface area contributed by atoms with E-state index in [0.717, 1.165) is 0 Å². The Kier molecular flexibility index (Phi) is 3.67. The standard InChI is InChI=1S/C16H20N2S/c1-11-6-8-18-10-14(11)16(17-2)13-4-3-5-15-12(13)7-9-19-15/h6-10,13,16-17H,3-5H2,1-2H3. The van der Waals surface area contributed by atoms with Crippen LogP contribution >= 0.6 is 11.3 Å².